The second kappa shape index (κ2) is 6.87. The fourth-order valence-corrected chi connectivity index (χ4v) is 2.76. The highest BCUT2D eigenvalue weighted by atomic mass is 16.5. The molecule has 0 spiro atoms. The van der Waals surface area contributed by atoms with Crippen molar-refractivity contribution in [2.24, 2.45) is 5.92 Å². The van der Waals surface area contributed by atoms with Gasteiger partial charge in [-0.2, -0.15) is 0 Å². The number of benzene rings is 1. The summed E-state index contributed by atoms with van der Waals surface area (Å²) in [5, 5.41) is 11.7. The van der Waals surface area contributed by atoms with Crippen LogP contribution in [0.15, 0.2) is 24.3 Å². The minimum absolute atomic E-state index is 0.0907. The molecule has 1 aromatic carbocycles. The van der Waals surface area contributed by atoms with Crippen LogP contribution in [0.2, 0.25) is 0 Å². The second-order valence-corrected chi connectivity index (χ2v) is 5.83. The Morgan fingerprint density at radius 1 is 1.26 bits per heavy atom. The Morgan fingerprint density at radius 2 is 2.04 bits per heavy atom. The average molecular weight is 320 g/mol. The van der Waals surface area contributed by atoms with Crippen LogP contribution in [0.25, 0.3) is 0 Å². The largest absolute Gasteiger partial charge is 0.488 e. The number of carboxylic acids is 1. The molecule has 2 unspecified atom stereocenters. The topological polar surface area (TPSA) is 88.1 Å². The SMILES string of the molecule is O=C(O)C1CCN(C(=O)Nc2ccc(OC3CCOC3)cc2)C1. The Balaban J connectivity index is 1.51. The highest BCUT2D eigenvalue weighted by Gasteiger charge is 2.30. The lowest BCUT2D eigenvalue weighted by Crippen LogP contribution is -2.33. The summed E-state index contributed by atoms with van der Waals surface area (Å²) < 4.78 is 11.0. The number of rotatable bonds is 4. The number of anilines is 1. The number of likely N-dealkylation sites (tertiary alicyclic amines) is 1. The minimum Gasteiger partial charge on any atom is -0.488 e. The van der Waals surface area contributed by atoms with E-state index in [4.69, 9.17) is 14.6 Å². The van der Waals surface area contributed by atoms with E-state index in [0.29, 0.717) is 25.3 Å². The molecule has 0 saturated carbocycles. The maximum absolute atomic E-state index is 12.1. The Morgan fingerprint density at radius 3 is 2.65 bits per heavy atom. The molecule has 2 atom stereocenters. The van der Waals surface area contributed by atoms with E-state index < -0.39 is 11.9 Å². The molecule has 2 saturated heterocycles. The van der Waals surface area contributed by atoms with E-state index in [1.54, 1.807) is 24.3 Å². The average Bonchev–Trinajstić information content (AvgIpc) is 3.20. The van der Waals surface area contributed by atoms with Crippen LogP contribution in [-0.4, -0.2) is 54.4 Å². The summed E-state index contributed by atoms with van der Waals surface area (Å²) in [7, 11) is 0. The smallest absolute Gasteiger partial charge is 0.321 e. The first-order chi connectivity index (χ1) is 11.1. The van der Waals surface area contributed by atoms with Gasteiger partial charge in [0.05, 0.1) is 19.1 Å². The fourth-order valence-electron chi connectivity index (χ4n) is 2.76. The zero-order chi connectivity index (χ0) is 16.2. The fraction of sp³-hybridized carbons (Fsp3) is 0.500. The zero-order valence-corrected chi connectivity index (χ0v) is 12.7. The minimum atomic E-state index is -0.849. The molecule has 2 amide bonds. The summed E-state index contributed by atoms with van der Waals surface area (Å²) >= 11 is 0. The number of nitrogens with one attached hydrogen (secondary N) is 1. The van der Waals surface area contributed by atoms with E-state index in [2.05, 4.69) is 5.32 Å². The summed E-state index contributed by atoms with van der Waals surface area (Å²) in [5.74, 6) is -0.575. The van der Waals surface area contributed by atoms with Crippen molar-refractivity contribution in [2.75, 3.05) is 31.6 Å². The molecule has 23 heavy (non-hydrogen) atoms. The van der Waals surface area contributed by atoms with Gasteiger partial charge in [0.1, 0.15) is 11.9 Å². The van der Waals surface area contributed by atoms with Gasteiger partial charge in [0, 0.05) is 25.2 Å². The number of carbonyl (C=O) groups is 2. The quantitative estimate of drug-likeness (QED) is 0.883. The van der Waals surface area contributed by atoms with Gasteiger partial charge in [0.25, 0.3) is 0 Å². The zero-order valence-electron chi connectivity index (χ0n) is 12.7. The van der Waals surface area contributed by atoms with Gasteiger partial charge in [0.2, 0.25) is 0 Å². The van der Waals surface area contributed by atoms with E-state index in [1.807, 2.05) is 0 Å². The Kier molecular flexibility index (Phi) is 4.66. The number of carbonyl (C=O) groups excluding carboxylic acids is 1. The number of amides is 2. The van der Waals surface area contributed by atoms with Gasteiger partial charge in [-0.05, 0) is 30.7 Å². The third kappa shape index (κ3) is 3.92. The molecule has 2 aliphatic heterocycles. The van der Waals surface area contributed by atoms with Crippen molar-refractivity contribution < 1.29 is 24.2 Å². The molecule has 0 aliphatic carbocycles. The molecule has 0 aromatic heterocycles. The first-order valence-corrected chi connectivity index (χ1v) is 7.75. The highest BCUT2D eigenvalue weighted by molar-refractivity contribution is 5.90. The van der Waals surface area contributed by atoms with Crippen molar-refractivity contribution >= 4 is 17.7 Å². The van der Waals surface area contributed by atoms with Crippen LogP contribution in [-0.2, 0) is 9.53 Å². The third-order valence-electron chi connectivity index (χ3n) is 4.12. The maximum Gasteiger partial charge on any atom is 0.321 e. The van der Waals surface area contributed by atoms with Crippen molar-refractivity contribution in [3.05, 3.63) is 24.3 Å². The van der Waals surface area contributed by atoms with Gasteiger partial charge in [-0.1, -0.05) is 0 Å². The maximum atomic E-state index is 12.1. The summed E-state index contributed by atoms with van der Waals surface area (Å²) in [6.07, 6.45) is 1.48. The van der Waals surface area contributed by atoms with E-state index >= 15 is 0 Å². The number of carboxylic acid groups (broad SMARTS) is 1. The van der Waals surface area contributed by atoms with E-state index in [9.17, 15) is 9.59 Å². The van der Waals surface area contributed by atoms with E-state index in [0.717, 1.165) is 18.8 Å². The lowest BCUT2D eigenvalue weighted by atomic mass is 10.1. The number of urea groups is 1. The van der Waals surface area contributed by atoms with Gasteiger partial charge in [0.15, 0.2) is 0 Å². The highest BCUT2D eigenvalue weighted by Crippen LogP contribution is 2.21. The number of aliphatic carboxylic acids is 1. The van der Waals surface area contributed by atoms with Crippen LogP contribution in [0.5, 0.6) is 5.75 Å². The molecule has 1 aromatic rings. The molecule has 0 radical (unpaired) electrons. The molecule has 7 nitrogen and oxygen atoms in total. The Bertz CT molecular complexity index is 568. The standard InChI is InChI=1S/C16H20N2O5/c19-15(20)11-5-7-18(9-11)16(21)17-12-1-3-13(4-2-12)23-14-6-8-22-10-14/h1-4,11,14H,5-10H2,(H,17,21)(H,19,20). The first kappa shape index (κ1) is 15.6. The predicted molar refractivity (Wildman–Crippen MR) is 82.6 cm³/mol. The number of nitrogens with zero attached hydrogens (tertiary/aromatic N) is 1. The number of hydrogen-bond acceptors (Lipinski definition) is 4. The lowest BCUT2D eigenvalue weighted by Gasteiger charge is -2.17. The lowest BCUT2D eigenvalue weighted by molar-refractivity contribution is -0.141. The summed E-state index contributed by atoms with van der Waals surface area (Å²) in [6.45, 7) is 2.06. The van der Waals surface area contributed by atoms with Crippen LogP contribution in [0, 0.1) is 5.92 Å². The molecular weight excluding hydrogens is 300 g/mol. The van der Waals surface area contributed by atoms with Crippen molar-refractivity contribution in [3.63, 3.8) is 0 Å². The molecule has 2 aliphatic rings. The van der Waals surface area contributed by atoms with Gasteiger partial charge >= 0.3 is 12.0 Å². The molecule has 3 rings (SSSR count). The van der Waals surface area contributed by atoms with Gasteiger partial charge in [-0.3, -0.25) is 4.79 Å². The molecule has 124 valence electrons. The van der Waals surface area contributed by atoms with Gasteiger partial charge in [-0.25, -0.2) is 4.79 Å². The summed E-state index contributed by atoms with van der Waals surface area (Å²) in [5.41, 5.74) is 0.656. The van der Waals surface area contributed by atoms with Crippen molar-refractivity contribution in [3.8, 4) is 5.75 Å². The molecule has 2 N–H and O–H groups in total. The van der Waals surface area contributed by atoms with E-state index in [-0.39, 0.29) is 18.7 Å². The third-order valence-corrected chi connectivity index (χ3v) is 4.12. The van der Waals surface area contributed by atoms with Crippen LogP contribution >= 0.6 is 0 Å². The van der Waals surface area contributed by atoms with Crippen LogP contribution < -0.4 is 10.1 Å². The Labute approximate surface area is 134 Å². The van der Waals surface area contributed by atoms with Crippen LogP contribution in [0.1, 0.15) is 12.8 Å². The predicted octanol–water partition coefficient (Wildman–Crippen LogP) is 1.79. The van der Waals surface area contributed by atoms with Crippen molar-refractivity contribution in [2.45, 2.75) is 18.9 Å². The normalized spacial score (nSPS) is 23.7. The van der Waals surface area contributed by atoms with Crippen LogP contribution in [0.4, 0.5) is 10.5 Å². The first-order valence-electron chi connectivity index (χ1n) is 7.75. The second-order valence-electron chi connectivity index (χ2n) is 5.83. The molecule has 2 fully saturated rings. The van der Waals surface area contributed by atoms with Crippen molar-refractivity contribution in [1.29, 1.82) is 0 Å². The Hall–Kier alpha value is -2.28. The monoisotopic (exact) mass is 320 g/mol. The summed E-state index contributed by atoms with van der Waals surface area (Å²) in [6, 6.07) is 6.88. The molecule has 0 bridgehead atoms. The van der Waals surface area contributed by atoms with Gasteiger partial charge in [-0.15, -0.1) is 0 Å². The summed E-state index contributed by atoms with van der Waals surface area (Å²) in [4.78, 5) is 24.6. The van der Waals surface area contributed by atoms with Crippen molar-refractivity contribution in [1.82, 2.24) is 4.90 Å². The molecule has 7 heteroatoms. The van der Waals surface area contributed by atoms with Gasteiger partial charge < -0.3 is 24.8 Å². The van der Waals surface area contributed by atoms with Crippen LogP contribution in [0.3, 0.4) is 0 Å². The van der Waals surface area contributed by atoms with E-state index in [1.165, 1.54) is 4.90 Å². The molecular formula is C16H20N2O5. The number of ether oxygens (including phenoxy) is 2. The molecule has 2 heterocycles. The number of hydrogen-bond donors (Lipinski definition) is 2.